The highest BCUT2D eigenvalue weighted by atomic mass is 16.5. The van der Waals surface area contributed by atoms with Gasteiger partial charge in [0, 0.05) is 11.1 Å². The predicted octanol–water partition coefficient (Wildman–Crippen LogP) is 2.03. The molecule has 0 fully saturated rings. The summed E-state index contributed by atoms with van der Waals surface area (Å²) in [5.41, 5.74) is 0.0513. The molecule has 1 aromatic carbocycles. The summed E-state index contributed by atoms with van der Waals surface area (Å²) in [5, 5.41) is 20.5. The Kier molecular flexibility index (Phi) is 3.63. The van der Waals surface area contributed by atoms with Crippen molar-refractivity contribution in [3.63, 3.8) is 0 Å². The third-order valence-electron chi connectivity index (χ3n) is 3.61. The molecular formula is C15H16O6. The third-order valence-corrected chi connectivity index (χ3v) is 3.61. The molecule has 0 spiro atoms. The van der Waals surface area contributed by atoms with Crippen LogP contribution in [0.4, 0.5) is 0 Å². The van der Waals surface area contributed by atoms with Gasteiger partial charge in [-0.05, 0) is 13.3 Å². The van der Waals surface area contributed by atoms with E-state index in [-0.39, 0.29) is 33.9 Å². The first-order valence-corrected chi connectivity index (χ1v) is 6.39. The molecule has 1 aliphatic rings. The fourth-order valence-corrected chi connectivity index (χ4v) is 2.51. The van der Waals surface area contributed by atoms with Crippen LogP contribution in [-0.2, 0) is 11.2 Å². The molecule has 21 heavy (non-hydrogen) atoms. The molecule has 0 saturated carbocycles. The number of ketones is 2. The van der Waals surface area contributed by atoms with E-state index in [0.717, 1.165) is 0 Å². The maximum Gasteiger partial charge on any atom is 0.238 e. The number of hydrogen-bond donors (Lipinski definition) is 2. The smallest absolute Gasteiger partial charge is 0.238 e. The lowest BCUT2D eigenvalue weighted by Gasteiger charge is -2.23. The second-order valence-electron chi connectivity index (χ2n) is 4.63. The minimum absolute atomic E-state index is 0.0413. The Balaban J connectivity index is 3.02. The van der Waals surface area contributed by atoms with Gasteiger partial charge in [0.2, 0.25) is 11.6 Å². The van der Waals surface area contributed by atoms with Crippen LogP contribution in [0, 0.1) is 0 Å². The molecule has 0 aromatic heterocycles. The minimum atomic E-state index is -0.839. The van der Waals surface area contributed by atoms with Crippen LogP contribution in [0.2, 0.25) is 0 Å². The van der Waals surface area contributed by atoms with Crippen molar-refractivity contribution in [2.24, 2.45) is 0 Å². The molecule has 0 bridgehead atoms. The molecule has 0 amide bonds. The largest absolute Gasteiger partial charge is 0.507 e. The lowest BCUT2D eigenvalue weighted by Crippen LogP contribution is -2.24. The van der Waals surface area contributed by atoms with Gasteiger partial charge in [-0.25, -0.2) is 0 Å². The summed E-state index contributed by atoms with van der Waals surface area (Å²) in [6, 6.07) is 0. The topological polar surface area (TPSA) is 93.1 Å². The van der Waals surface area contributed by atoms with Gasteiger partial charge in [-0.2, -0.15) is 0 Å². The van der Waals surface area contributed by atoms with E-state index in [1.807, 2.05) is 0 Å². The van der Waals surface area contributed by atoms with Crippen molar-refractivity contribution in [3.8, 4) is 17.2 Å². The van der Waals surface area contributed by atoms with E-state index in [0.29, 0.717) is 12.0 Å². The Morgan fingerprint density at radius 3 is 2.00 bits per heavy atom. The number of aliphatic hydroxyl groups excluding tert-OH is 1. The first kappa shape index (κ1) is 14.9. The summed E-state index contributed by atoms with van der Waals surface area (Å²) in [7, 11) is 2.70. The van der Waals surface area contributed by atoms with E-state index in [2.05, 4.69) is 0 Å². The van der Waals surface area contributed by atoms with Crippen LogP contribution in [-0.4, -0.2) is 36.0 Å². The zero-order chi connectivity index (χ0) is 15.9. The molecular weight excluding hydrogens is 276 g/mol. The SMILES string of the molecule is CCc1c(O)c2c(c(OC)c1OC)C(=O)C(=O)C(C)=C2O. The molecule has 2 rings (SSSR count). The molecule has 0 heterocycles. The highest BCUT2D eigenvalue weighted by molar-refractivity contribution is 6.52. The van der Waals surface area contributed by atoms with Gasteiger partial charge in [0.25, 0.3) is 0 Å². The number of carbonyl (C=O) groups excluding carboxylic acids is 2. The summed E-state index contributed by atoms with van der Waals surface area (Å²) in [5.74, 6) is -2.13. The Hall–Kier alpha value is -2.50. The normalized spacial score (nSPS) is 14.3. The summed E-state index contributed by atoms with van der Waals surface area (Å²) in [6.45, 7) is 3.12. The van der Waals surface area contributed by atoms with Crippen molar-refractivity contribution in [1.29, 1.82) is 0 Å². The van der Waals surface area contributed by atoms with Gasteiger partial charge in [0.15, 0.2) is 11.5 Å². The number of methoxy groups -OCH3 is 2. The van der Waals surface area contributed by atoms with Gasteiger partial charge in [-0.15, -0.1) is 0 Å². The fraction of sp³-hybridized carbons (Fsp3) is 0.333. The second-order valence-corrected chi connectivity index (χ2v) is 4.63. The van der Waals surface area contributed by atoms with E-state index in [9.17, 15) is 19.8 Å². The zero-order valence-electron chi connectivity index (χ0n) is 12.2. The Morgan fingerprint density at radius 1 is 0.952 bits per heavy atom. The average Bonchev–Trinajstić information content (AvgIpc) is 2.49. The van der Waals surface area contributed by atoms with Gasteiger partial charge in [-0.3, -0.25) is 9.59 Å². The van der Waals surface area contributed by atoms with Gasteiger partial charge < -0.3 is 19.7 Å². The zero-order valence-corrected chi connectivity index (χ0v) is 12.2. The van der Waals surface area contributed by atoms with E-state index in [1.54, 1.807) is 6.92 Å². The number of aromatic hydroxyl groups is 1. The monoisotopic (exact) mass is 292 g/mol. The first-order valence-electron chi connectivity index (χ1n) is 6.39. The Morgan fingerprint density at radius 2 is 1.52 bits per heavy atom. The Labute approximate surface area is 121 Å². The number of rotatable bonds is 3. The summed E-state index contributed by atoms with van der Waals surface area (Å²) in [6.07, 6.45) is 0.396. The number of hydrogen-bond acceptors (Lipinski definition) is 6. The number of phenols is 1. The van der Waals surface area contributed by atoms with Crippen molar-refractivity contribution < 1.29 is 29.3 Å². The lowest BCUT2D eigenvalue weighted by molar-refractivity contribution is -0.111. The number of allylic oxidation sites excluding steroid dienone is 1. The minimum Gasteiger partial charge on any atom is -0.507 e. The average molecular weight is 292 g/mol. The summed E-state index contributed by atoms with van der Waals surface area (Å²) in [4.78, 5) is 24.1. The standard InChI is InChI=1S/C15H16O6/c1-5-7-12(18)8-9(15(21-4)14(7)20-3)13(19)11(17)6(2)10(8)16/h16,18H,5H2,1-4H3. The third kappa shape index (κ3) is 1.86. The molecule has 6 heteroatoms. The predicted molar refractivity (Wildman–Crippen MR) is 75.1 cm³/mol. The second kappa shape index (κ2) is 5.12. The van der Waals surface area contributed by atoms with Crippen LogP contribution in [0.5, 0.6) is 17.2 Å². The van der Waals surface area contributed by atoms with Gasteiger partial charge >= 0.3 is 0 Å². The van der Waals surface area contributed by atoms with Gasteiger partial charge in [0.1, 0.15) is 11.5 Å². The van der Waals surface area contributed by atoms with Crippen LogP contribution >= 0.6 is 0 Å². The van der Waals surface area contributed by atoms with E-state index >= 15 is 0 Å². The number of ether oxygens (including phenoxy) is 2. The number of benzene rings is 1. The van der Waals surface area contributed by atoms with E-state index < -0.39 is 17.3 Å². The van der Waals surface area contributed by atoms with Crippen molar-refractivity contribution >= 4 is 17.3 Å². The highest BCUT2D eigenvalue weighted by Crippen LogP contribution is 2.48. The number of aliphatic hydroxyl groups is 1. The van der Waals surface area contributed by atoms with Gasteiger partial charge in [0.05, 0.1) is 25.3 Å². The number of Topliss-reactive ketones (excluding diaryl/α,β-unsaturated/α-hetero) is 2. The Bertz CT molecular complexity index is 684. The summed E-state index contributed by atoms with van der Waals surface area (Å²) >= 11 is 0. The van der Waals surface area contributed by atoms with Crippen molar-refractivity contribution in [3.05, 3.63) is 22.3 Å². The van der Waals surface area contributed by atoms with Crippen molar-refractivity contribution in [2.75, 3.05) is 14.2 Å². The number of fused-ring (bicyclic) bond motifs is 1. The molecule has 0 atom stereocenters. The lowest BCUT2D eigenvalue weighted by atomic mass is 9.85. The fourth-order valence-electron chi connectivity index (χ4n) is 2.51. The van der Waals surface area contributed by atoms with E-state index in [1.165, 1.54) is 21.1 Å². The molecule has 6 nitrogen and oxygen atoms in total. The molecule has 0 saturated heterocycles. The maximum absolute atomic E-state index is 12.2. The summed E-state index contributed by atoms with van der Waals surface area (Å²) < 4.78 is 10.4. The van der Waals surface area contributed by atoms with E-state index in [4.69, 9.17) is 9.47 Å². The van der Waals surface area contributed by atoms with Gasteiger partial charge in [-0.1, -0.05) is 6.92 Å². The molecule has 112 valence electrons. The molecule has 0 unspecified atom stereocenters. The molecule has 0 aliphatic heterocycles. The van der Waals surface area contributed by atoms with Crippen molar-refractivity contribution in [2.45, 2.75) is 20.3 Å². The first-order chi connectivity index (χ1) is 9.90. The number of carbonyl (C=O) groups is 2. The molecule has 1 aliphatic carbocycles. The maximum atomic E-state index is 12.2. The number of phenolic OH excluding ortho intramolecular Hbond substituents is 1. The van der Waals surface area contributed by atoms with Crippen LogP contribution in [0.15, 0.2) is 5.57 Å². The van der Waals surface area contributed by atoms with Crippen LogP contribution in [0.1, 0.15) is 35.3 Å². The molecule has 2 N–H and O–H groups in total. The highest BCUT2D eigenvalue weighted by Gasteiger charge is 2.38. The van der Waals surface area contributed by atoms with Crippen molar-refractivity contribution in [1.82, 2.24) is 0 Å². The molecule has 1 aromatic rings. The van der Waals surface area contributed by atoms with Crippen LogP contribution in [0.3, 0.4) is 0 Å². The van der Waals surface area contributed by atoms with Crippen LogP contribution in [0.25, 0.3) is 5.76 Å². The molecule has 0 radical (unpaired) electrons. The van der Waals surface area contributed by atoms with Crippen LogP contribution < -0.4 is 9.47 Å². The quantitative estimate of drug-likeness (QED) is 0.828.